The van der Waals surface area contributed by atoms with Gasteiger partial charge < -0.3 is 10.5 Å². The Labute approximate surface area is 198 Å². The number of methoxy groups -OCH3 is 1. The van der Waals surface area contributed by atoms with E-state index in [-0.39, 0.29) is 48.4 Å². The predicted molar refractivity (Wildman–Crippen MR) is 127 cm³/mol. The van der Waals surface area contributed by atoms with Gasteiger partial charge in [-0.3, -0.25) is 24.0 Å². The largest absolute Gasteiger partial charge is 0.384 e. The quantitative estimate of drug-likeness (QED) is 0.389. The molecule has 34 heavy (non-hydrogen) atoms. The smallest absolute Gasteiger partial charge is 0.330 e. The molecule has 1 aliphatic rings. The molecule has 11 nitrogen and oxygen atoms in total. The highest BCUT2D eigenvalue weighted by molar-refractivity contribution is 7.89. The molecular weight excluding hydrogens is 462 g/mol. The van der Waals surface area contributed by atoms with Crippen LogP contribution in [0.2, 0.25) is 0 Å². The van der Waals surface area contributed by atoms with Gasteiger partial charge >= 0.3 is 5.69 Å². The van der Waals surface area contributed by atoms with Crippen LogP contribution in [0.1, 0.15) is 28.8 Å². The molecule has 1 unspecified atom stereocenters. The van der Waals surface area contributed by atoms with Crippen LogP contribution in [0.3, 0.4) is 0 Å². The number of benzene rings is 1. The Balaban J connectivity index is 1.65. The molecule has 0 amide bonds. The number of rotatable bonds is 10. The summed E-state index contributed by atoms with van der Waals surface area (Å²) in [5.41, 5.74) is 5.19. The first kappa shape index (κ1) is 25.8. The number of ether oxygens (including phenoxy) is 1. The van der Waals surface area contributed by atoms with Crippen molar-refractivity contribution >= 4 is 21.6 Å². The first-order chi connectivity index (χ1) is 16.1. The number of Topliss-reactive ketones (excluding diaryl/α,β-unsaturated/α-hetero) is 1. The zero-order chi connectivity index (χ0) is 24.9. The average Bonchev–Trinajstić information content (AvgIpc) is 2.78. The number of aromatic nitrogens is 2. The Morgan fingerprint density at radius 2 is 1.97 bits per heavy atom. The van der Waals surface area contributed by atoms with Crippen LogP contribution >= 0.6 is 0 Å². The molecule has 0 aliphatic carbocycles. The normalized spacial score (nSPS) is 17.1. The molecule has 1 saturated heterocycles. The first-order valence-electron chi connectivity index (χ1n) is 11.1. The zero-order valence-corrected chi connectivity index (χ0v) is 20.2. The highest BCUT2D eigenvalue weighted by Crippen LogP contribution is 2.18. The molecule has 2 aromatic rings. The summed E-state index contributed by atoms with van der Waals surface area (Å²) in [5.74, 6) is -0.672. The molecule has 0 bridgehead atoms. The monoisotopic (exact) mass is 493 g/mol. The van der Waals surface area contributed by atoms with Gasteiger partial charge in [0.05, 0.1) is 24.6 Å². The standard InChI is InChI=1S/C22H31N5O6S/c1-15-5-7-17(8-6-15)34(31,32)24-12-16-4-3-9-26(13-16)14-18(28)19-20(23)27(10-11-33-2)22(30)25-21(19)29/h5-8,16,24H,3-4,9-14,23H2,1-2H3,(H,25,29,30). The van der Waals surface area contributed by atoms with Crippen LogP contribution in [0.15, 0.2) is 38.8 Å². The third-order valence-electron chi connectivity index (χ3n) is 5.90. The van der Waals surface area contributed by atoms with Crippen molar-refractivity contribution < 1.29 is 17.9 Å². The third-order valence-corrected chi connectivity index (χ3v) is 7.34. The number of piperidine rings is 1. The van der Waals surface area contributed by atoms with Crippen molar-refractivity contribution in [1.29, 1.82) is 0 Å². The van der Waals surface area contributed by atoms with Gasteiger partial charge in [-0.25, -0.2) is 17.9 Å². The van der Waals surface area contributed by atoms with Gasteiger partial charge in [0.25, 0.3) is 5.56 Å². The van der Waals surface area contributed by atoms with E-state index in [0.29, 0.717) is 13.1 Å². The molecule has 186 valence electrons. The number of carbonyl (C=O) groups is 1. The van der Waals surface area contributed by atoms with Gasteiger partial charge in [0.1, 0.15) is 11.4 Å². The Morgan fingerprint density at radius 1 is 1.26 bits per heavy atom. The Hall–Kier alpha value is -2.80. The summed E-state index contributed by atoms with van der Waals surface area (Å²) in [6, 6.07) is 6.62. The second-order valence-electron chi connectivity index (χ2n) is 8.50. The summed E-state index contributed by atoms with van der Waals surface area (Å²) < 4.78 is 33.9. The summed E-state index contributed by atoms with van der Waals surface area (Å²) in [6.07, 6.45) is 1.59. The zero-order valence-electron chi connectivity index (χ0n) is 19.4. The molecule has 0 spiro atoms. The van der Waals surface area contributed by atoms with Crippen LogP contribution in [0.5, 0.6) is 0 Å². The van der Waals surface area contributed by atoms with Gasteiger partial charge in [-0.05, 0) is 44.4 Å². The minimum Gasteiger partial charge on any atom is -0.384 e. The van der Waals surface area contributed by atoms with E-state index in [2.05, 4.69) is 9.71 Å². The Kier molecular flexibility index (Phi) is 8.42. The topological polar surface area (TPSA) is 157 Å². The summed E-state index contributed by atoms with van der Waals surface area (Å²) >= 11 is 0. The Bertz CT molecular complexity index is 1240. The van der Waals surface area contributed by atoms with Crippen LogP contribution in [0, 0.1) is 12.8 Å². The molecular formula is C22H31N5O6S. The number of hydrogen-bond donors (Lipinski definition) is 3. The number of aromatic amines is 1. The van der Waals surface area contributed by atoms with E-state index in [1.54, 1.807) is 24.3 Å². The van der Waals surface area contributed by atoms with E-state index >= 15 is 0 Å². The number of nitrogens with one attached hydrogen (secondary N) is 2. The van der Waals surface area contributed by atoms with Crippen LogP contribution in [0.25, 0.3) is 0 Å². The van der Waals surface area contributed by atoms with E-state index in [4.69, 9.17) is 10.5 Å². The second kappa shape index (κ2) is 11.1. The molecule has 0 radical (unpaired) electrons. The minimum atomic E-state index is -3.63. The van der Waals surface area contributed by atoms with Gasteiger partial charge in [-0.2, -0.15) is 0 Å². The van der Waals surface area contributed by atoms with E-state index in [9.17, 15) is 22.8 Å². The van der Waals surface area contributed by atoms with Gasteiger partial charge in [0.15, 0.2) is 5.78 Å². The lowest BCUT2D eigenvalue weighted by atomic mass is 9.98. The van der Waals surface area contributed by atoms with E-state index < -0.39 is 27.1 Å². The highest BCUT2D eigenvalue weighted by atomic mass is 32.2. The second-order valence-corrected chi connectivity index (χ2v) is 10.3. The fourth-order valence-corrected chi connectivity index (χ4v) is 5.15. The van der Waals surface area contributed by atoms with Crippen molar-refractivity contribution in [3.05, 3.63) is 56.2 Å². The maximum atomic E-state index is 12.9. The molecule has 4 N–H and O–H groups in total. The third kappa shape index (κ3) is 6.20. The number of carbonyl (C=O) groups excluding carboxylic acids is 1. The van der Waals surface area contributed by atoms with Gasteiger partial charge in [-0.1, -0.05) is 17.7 Å². The lowest BCUT2D eigenvalue weighted by molar-refractivity contribution is 0.0886. The first-order valence-corrected chi connectivity index (χ1v) is 12.5. The summed E-state index contributed by atoms with van der Waals surface area (Å²) in [4.78, 5) is 41.5. The summed E-state index contributed by atoms with van der Waals surface area (Å²) in [5, 5.41) is 0. The number of nitrogens with two attached hydrogens (primary N) is 1. The lowest BCUT2D eigenvalue weighted by Gasteiger charge is -2.32. The van der Waals surface area contributed by atoms with Gasteiger partial charge in [0.2, 0.25) is 10.0 Å². The van der Waals surface area contributed by atoms with Crippen molar-refractivity contribution in [3.63, 3.8) is 0 Å². The number of H-pyrrole nitrogens is 1. The molecule has 1 aromatic heterocycles. The SMILES string of the molecule is COCCn1c(N)c(C(=O)CN2CCCC(CNS(=O)(=O)c3ccc(C)cc3)C2)c(=O)[nH]c1=O. The Morgan fingerprint density at radius 3 is 2.65 bits per heavy atom. The van der Waals surface area contributed by atoms with Crippen LogP contribution in [-0.4, -0.2) is 68.5 Å². The number of ketones is 1. The minimum absolute atomic E-state index is 0.00746. The van der Waals surface area contributed by atoms with Crippen LogP contribution < -0.4 is 21.7 Å². The number of nitrogen functional groups attached to an aromatic ring is 1. The predicted octanol–water partition coefficient (Wildman–Crippen LogP) is -0.0532. The molecule has 12 heteroatoms. The van der Waals surface area contributed by atoms with Crippen LogP contribution in [0.4, 0.5) is 5.82 Å². The summed E-state index contributed by atoms with van der Waals surface area (Å²) in [7, 11) is -2.16. The van der Waals surface area contributed by atoms with Crippen molar-refractivity contribution in [2.24, 2.45) is 5.92 Å². The van der Waals surface area contributed by atoms with E-state index in [1.165, 1.54) is 7.11 Å². The molecule has 1 aliphatic heterocycles. The molecule has 2 heterocycles. The number of hydrogen-bond acceptors (Lipinski definition) is 8. The molecule has 0 saturated carbocycles. The fourth-order valence-electron chi connectivity index (χ4n) is 4.03. The van der Waals surface area contributed by atoms with Crippen molar-refractivity contribution in [3.8, 4) is 0 Å². The molecule has 1 atom stereocenters. The van der Waals surface area contributed by atoms with Gasteiger partial charge in [-0.15, -0.1) is 0 Å². The maximum absolute atomic E-state index is 12.9. The number of nitrogens with zero attached hydrogens (tertiary/aromatic N) is 2. The van der Waals surface area contributed by atoms with E-state index in [0.717, 1.165) is 23.0 Å². The maximum Gasteiger partial charge on any atom is 0.330 e. The fraction of sp³-hybridized carbons (Fsp3) is 0.500. The summed E-state index contributed by atoms with van der Waals surface area (Å²) in [6.45, 7) is 3.48. The lowest BCUT2D eigenvalue weighted by Crippen LogP contribution is -2.44. The number of likely N-dealkylation sites (tertiary alicyclic amines) is 1. The average molecular weight is 494 g/mol. The highest BCUT2D eigenvalue weighted by Gasteiger charge is 2.26. The number of sulfonamides is 1. The van der Waals surface area contributed by atoms with Crippen molar-refractivity contribution in [2.75, 3.05) is 45.6 Å². The van der Waals surface area contributed by atoms with E-state index in [1.807, 2.05) is 11.8 Å². The molecule has 1 fully saturated rings. The van der Waals surface area contributed by atoms with Crippen molar-refractivity contribution in [1.82, 2.24) is 19.2 Å². The number of aryl methyl sites for hydroxylation is 1. The molecule has 1 aromatic carbocycles. The van der Waals surface area contributed by atoms with Gasteiger partial charge in [0, 0.05) is 20.2 Å². The van der Waals surface area contributed by atoms with Crippen molar-refractivity contribution in [2.45, 2.75) is 31.2 Å². The number of anilines is 1. The molecule has 3 rings (SSSR count). The van der Waals surface area contributed by atoms with Crippen LogP contribution in [-0.2, 0) is 21.3 Å².